The first-order valence-electron chi connectivity index (χ1n) is 7.24. The lowest BCUT2D eigenvalue weighted by molar-refractivity contribution is 0.0690. The van der Waals surface area contributed by atoms with Crippen LogP contribution in [0.3, 0.4) is 0 Å². The van der Waals surface area contributed by atoms with Crippen LogP contribution in [0.15, 0.2) is 17.0 Å². The van der Waals surface area contributed by atoms with Gasteiger partial charge in [0.15, 0.2) is 9.84 Å². The van der Waals surface area contributed by atoms with Crippen molar-refractivity contribution in [2.45, 2.75) is 43.9 Å². The SMILES string of the molecule is CCCS(=O)(=O)C(CC)NS(=O)(=O)c1ccc(F)c(C(=O)O)c1C. The van der Waals surface area contributed by atoms with Gasteiger partial charge in [0.1, 0.15) is 11.2 Å². The second kappa shape index (κ2) is 7.58. The molecule has 0 saturated heterocycles. The van der Waals surface area contributed by atoms with E-state index in [0.717, 1.165) is 19.1 Å². The summed E-state index contributed by atoms with van der Waals surface area (Å²) < 4.78 is 64.8. The molecule has 2 N–H and O–H groups in total. The summed E-state index contributed by atoms with van der Waals surface area (Å²) in [5, 5.41) is 7.68. The lowest BCUT2D eigenvalue weighted by Crippen LogP contribution is -2.41. The van der Waals surface area contributed by atoms with Gasteiger partial charge in [-0.1, -0.05) is 13.8 Å². The summed E-state index contributed by atoms with van der Waals surface area (Å²) in [5.74, 6) is -2.85. The molecule has 1 unspecified atom stereocenters. The monoisotopic (exact) mass is 381 g/mol. The molecule has 136 valence electrons. The van der Waals surface area contributed by atoms with E-state index < -0.39 is 47.5 Å². The molecule has 0 aliphatic heterocycles. The minimum atomic E-state index is -4.34. The van der Waals surface area contributed by atoms with Crippen LogP contribution in [0.4, 0.5) is 4.39 Å². The molecule has 0 radical (unpaired) electrons. The zero-order valence-corrected chi connectivity index (χ0v) is 15.2. The summed E-state index contributed by atoms with van der Waals surface area (Å²) in [7, 11) is -8.03. The van der Waals surface area contributed by atoms with E-state index in [9.17, 15) is 26.0 Å². The maximum atomic E-state index is 13.6. The average Bonchev–Trinajstić information content (AvgIpc) is 2.43. The van der Waals surface area contributed by atoms with Crippen molar-refractivity contribution in [3.63, 3.8) is 0 Å². The molecule has 1 rings (SSSR count). The molecule has 0 fully saturated rings. The zero-order valence-electron chi connectivity index (χ0n) is 13.5. The van der Waals surface area contributed by atoms with Crippen LogP contribution in [0, 0.1) is 12.7 Å². The molecule has 10 heteroatoms. The molecule has 24 heavy (non-hydrogen) atoms. The van der Waals surface area contributed by atoms with Gasteiger partial charge in [0.05, 0.1) is 16.2 Å². The maximum absolute atomic E-state index is 13.6. The molecule has 1 atom stereocenters. The van der Waals surface area contributed by atoms with Gasteiger partial charge >= 0.3 is 5.97 Å². The minimum Gasteiger partial charge on any atom is -0.478 e. The third kappa shape index (κ3) is 4.31. The Balaban J connectivity index is 3.36. The summed E-state index contributed by atoms with van der Waals surface area (Å²) >= 11 is 0. The van der Waals surface area contributed by atoms with Crippen LogP contribution in [-0.4, -0.2) is 39.0 Å². The number of nitrogens with one attached hydrogen (secondary N) is 1. The molecule has 0 heterocycles. The van der Waals surface area contributed by atoms with Gasteiger partial charge in [-0.3, -0.25) is 0 Å². The van der Waals surface area contributed by atoms with Crippen molar-refractivity contribution in [1.29, 1.82) is 0 Å². The van der Waals surface area contributed by atoms with Crippen LogP contribution in [0.25, 0.3) is 0 Å². The van der Waals surface area contributed by atoms with Crippen molar-refractivity contribution in [3.05, 3.63) is 29.1 Å². The average molecular weight is 381 g/mol. The minimum absolute atomic E-state index is 0.00753. The number of carboxylic acids is 1. The Morgan fingerprint density at radius 2 is 1.83 bits per heavy atom. The molecule has 0 bridgehead atoms. The van der Waals surface area contributed by atoms with E-state index >= 15 is 0 Å². The highest BCUT2D eigenvalue weighted by Gasteiger charge is 2.31. The Kier molecular flexibility index (Phi) is 6.48. The summed E-state index contributed by atoms with van der Waals surface area (Å²) in [6.45, 7) is 4.32. The van der Waals surface area contributed by atoms with Gasteiger partial charge in [-0.25, -0.2) is 26.0 Å². The lowest BCUT2D eigenvalue weighted by Gasteiger charge is -2.19. The van der Waals surface area contributed by atoms with Gasteiger partial charge < -0.3 is 5.11 Å². The zero-order chi connectivity index (χ0) is 18.7. The first-order valence-corrected chi connectivity index (χ1v) is 10.4. The molecule has 7 nitrogen and oxygen atoms in total. The van der Waals surface area contributed by atoms with Crippen LogP contribution in [0.5, 0.6) is 0 Å². The molecule has 0 aliphatic carbocycles. The lowest BCUT2D eigenvalue weighted by atomic mass is 10.1. The summed E-state index contributed by atoms with van der Waals surface area (Å²) in [6, 6.07) is 1.64. The topological polar surface area (TPSA) is 118 Å². The second-order valence-corrected chi connectivity index (χ2v) is 9.22. The molecule has 1 aromatic carbocycles. The van der Waals surface area contributed by atoms with E-state index in [0.29, 0.717) is 6.42 Å². The van der Waals surface area contributed by atoms with Crippen molar-refractivity contribution in [3.8, 4) is 0 Å². The van der Waals surface area contributed by atoms with Crippen LogP contribution in [0.1, 0.15) is 42.6 Å². The van der Waals surface area contributed by atoms with Crippen molar-refractivity contribution in [1.82, 2.24) is 4.72 Å². The largest absolute Gasteiger partial charge is 0.478 e. The second-order valence-electron chi connectivity index (χ2n) is 5.24. The van der Waals surface area contributed by atoms with Gasteiger partial charge in [-0.15, -0.1) is 0 Å². The Morgan fingerprint density at radius 3 is 2.29 bits per heavy atom. The molecular weight excluding hydrogens is 361 g/mol. The molecule has 0 amide bonds. The Bertz CT molecular complexity index is 833. The first kappa shape index (κ1) is 20.5. The third-order valence-electron chi connectivity index (χ3n) is 3.45. The number of halogens is 1. The predicted molar refractivity (Wildman–Crippen MR) is 86.6 cm³/mol. The summed E-state index contributed by atoms with van der Waals surface area (Å²) in [6.07, 6.45) is 0.340. The number of hydrogen-bond donors (Lipinski definition) is 2. The molecule has 1 aromatic rings. The first-order chi connectivity index (χ1) is 11.0. The molecule has 0 aromatic heterocycles. The summed E-state index contributed by atoms with van der Waals surface area (Å²) in [5.41, 5.74) is -1.06. The van der Waals surface area contributed by atoms with E-state index in [-0.39, 0.29) is 17.7 Å². The fourth-order valence-corrected chi connectivity index (χ4v) is 6.01. The van der Waals surface area contributed by atoms with Gasteiger partial charge in [-0.05, 0) is 37.5 Å². The van der Waals surface area contributed by atoms with E-state index in [4.69, 9.17) is 5.11 Å². The normalized spacial score (nSPS) is 13.7. The van der Waals surface area contributed by atoms with Crippen LogP contribution >= 0.6 is 0 Å². The Hall–Kier alpha value is -1.52. The molecule has 0 aliphatic rings. The van der Waals surface area contributed by atoms with E-state index in [2.05, 4.69) is 4.72 Å². The number of aromatic carboxylic acids is 1. The number of rotatable bonds is 8. The highest BCUT2D eigenvalue weighted by Crippen LogP contribution is 2.23. The fourth-order valence-electron chi connectivity index (χ4n) is 2.29. The third-order valence-corrected chi connectivity index (χ3v) is 7.51. The summed E-state index contributed by atoms with van der Waals surface area (Å²) in [4.78, 5) is 10.6. The van der Waals surface area contributed by atoms with E-state index in [1.807, 2.05) is 0 Å². The number of sulfone groups is 1. The van der Waals surface area contributed by atoms with Crippen molar-refractivity contribution < 1.29 is 31.1 Å². The smallest absolute Gasteiger partial charge is 0.339 e. The maximum Gasteiger partial charge on any atom is 0.339 e. The quantitative estimate of drug-likeness (QED) is 0.707. The van der Waals surface area contributed by atoms with Crippen molar-refractivity contribution in [2.24, 2.45) is 0 Å². The van der Waals surface area contributed by atoms with Crippen molar-refractivity contribution in [2.75, 3.05) is 5.75 Å². The Labute approximate surface area is 140 Å². The van der Waals surface area contributed by atoms with Crippen LogP contribution in [0.2, 0.25) is 0 Å². The standard InChI is InChI=1S/C14H20FNO6S2/c1-4-8-23(19,20)12(5-2)16-24(21,22)11-7-6-10(15)13(9(11)3)14(17)18/h6-7,12,16H,4-5,8H2,1-3H3,(H,17,18). The Morgan fingerprint density at radius 1 is 1.25 bits per heavy atom. The fraction of sp³-hybridized carbons (Fsp3) is 0.500. The van der Waals surface area contributed by atoms with Gasteiger partial charge in [0, 0.05) is 0 Å². The van der Waals surface area contributed by atoms with Gasteiger partial charge in [0.2, 0.25) is 10.0 Å². The van der Waals surface area contributed by atoms with Gasteiger partial charge in [-0.2, -0.15) is 4.72 Å². The van der Waals surface area contributed by atoms with Crippen LogP contribution in [-0.2, 0) is 19.9 Å². The number of carbonyl (C=O) groups is 1. The molecular formula is C14H20FNO6S2. The number of sulfonamides is 1. The molecule has 0 saturated carbocycles. The highest BCUT2D eigenvalue weighted by atomic mass is 32.2. The van der Waals surface area contributed by atoms with E-state index in [1.54, 1.807) is 6.92 Å². The highest BCUT2D eigenvalue weighted by molar-refractivity contribution is 7.94. The predicted octanol–water partition coefficient (Wildman–Crippen LogP) is 1.67. The number of hydrogen-bond acceptors (Lipinski definition) is 5. The van der Waals surface area contributed by atoms with Gasteiger partial charge in [0.25, 0.3) is 0 Å². The molecule has 0 spiro atoms. The van der Waals surface area contributed by atoms with Crippen molar-refractivity contribution >= 4 is 25.8 Å². The van der Waals surface area contributed by atoms with E-state index in [1.165, 1.54) is 6.92 Å². The van der Waals surface area contributed by atoms with Crippen LogP contribution < -0.4 is 4.72 Å². The number of carboxylic acid groups (broad SMARTS) is 1. The number of benzene rings is 1.